The Morgan fingerprint density at radius 1 is 0.786 bits per heavy atom. The molecule has 0 aromatic carbocycles. The molecule has 0 spiro atoms. The van der Waals surface area contributed by atoms with Crippen LogP contribution in [0.15, 0.2) is 0 Å². The summed E-state index contributed by atoms with van der Waals surface area (Å²) in [6.07, 6.45) is 16.5. The molecule has 1 atom stereocenters. The van der Waals surface area contributed by atoms with E-state index in [4.69, 9.17) is 0 Å². The molecule has 0 aliphatic heterocycles. The molecular weight excluding hydrogens is 350 g/mol. The average molecular weight is 401 g/mol. The van der Waals surface area contributed by atoms with Gasteiger partial charge in [-0.3, -0.25) is 10.1 Å². The zero-order valence-electron chi connectivity index (χ0n) is 19.4. The highest BCUT2D eigenvalue weighted by Crippen LogP contribution is 2.10. The number of nitrogens with one attached hydrogen (secondary N) is 2. The number of unbranched alkanes of at least 4 members (excludes halogenated alkanes) is 10. The maximum absolute atomic E-state index is 11.4. The van der Waals surface area contributed by atoms with Crippen molar-refractivity contribution in [3.63, 3.8) is 0 Å². The zero-order chi connectivity index (χ0) is 21.1. The van der Waals surface area contributed by atoms with Gasteiger partial charge in [0.1, 0.15) is 6.04 Å². The Kier molecular flexibility index (Phi) is 18.0. The Morgan fingerprint density at radius 3 is 1.79 bits per heavy atom. The highest BCUT2D eigenvalue weighted by molar-refractivity contribution is 5.73. The molecule has 5 heteroatoms. The Hall–Kier alpha value is -0.650. The Bertz CT molecular complexity index is 356. The third-order valence-corrected chi connectivity index (χ3v) is 5.27. The normalized spacial score (nSPS) is 13.0. The van der Waals surface area contributed by atoms with E-state index in [0.29, 0.717) is 6.42 Å². The number of likely N-dealkylation sites (N-methyl/N-ethyl adjacent to an activating group) is 1. The van der Waals surface area contributed by atoms with Gasteiger partial charge in [0, 0.05) is 6.54 Å². The number of carboxylic acid groups (broad SMARTS) is 1. The van der Waals surface area contributed by atoms with E-state index in [1.54, 1.807) is 0 Å². The number of nitrogens with zero attached hydrogens (tertiary/aromatic N) is 1. The molecule has 0 aliphatic carbocycles. The second-order valence-corrected chi connectivity index (χ2v) is 9.29. The monoisotopic (exact) mass is 400 g/mol. The van der Waals surface area contributed by atoms with Crippen LogP contribution in [0, 0.1) is 0 Å². The maximum atomic E-state index is 11.4. The lowest BCUT2D eigenvalue weighted by Crippen LogP contribution is -2.45. The molecule has 0 bridgehead atoms. The van der Waals surface area contributed by atoms with Gasteiger partial charge in [-0.05, 0) is 32.4 Å². The van der Waals surface area contributed by atoms with E-state index in [-0.39, 0.29) is 0 Å². The largest absolute Gasteiger partial charge is 0.480 e. The van der Waals surface area contributed by atoms with Crippen molar-refractivity contribution in [2.75, 3.05) is 47.3 Å². The first kappa shape index (κ1) is 27.4. The quantitative estimate of drug-likeness (QED) is 0.197. The predicted molar refractivity (Wildman–Crippen MR) is 121 cm³/mol. The fraction of sp³-hybridized carbons (Fsp3) is 0.957. The van der Waals surface area contributed by atoms with Gasteiger partial charge in [0.25, 0.3) is 0 Å². The van der Waals surface area contributed by atoms with Crippen LogP contribution in [-0.4, -0.2) is 68.9 Å². The lowest BCUT2D eigenvalue weighted by Gasteiger charge is -2.25. The number of aliphatic carboxylic acids is 1. The first-order valence-electron chi connectivity index (χ1n) is 11.8. The molecule has 5 nitrogen and oxygen atoms in total. The van der Waals surface area contributed by atoms with Gasteiger partial charge >= 0.3 is 5.97 Å². The summed E-state index contributed by atoms with van der Waals surface area (Å²) >= 11 is 0. The van der Waals surface area contributed by atoms with Crippen molar-refractivity contribution in [2.45, 2.75) is 96.4 Å². The predicted octanol–water partition coefficient (Wildman–Crippen LogP) is 4.42. The summed E-state index contributed by atoms with van der Waals surface area (Å²) in [5.41, 5.74) is 0. The second kappa shape index (κ2) is 18.4. The third-order valence-electron chi connectivity index (χ3n) is 5.27. The van der Waals surface area contributed by atoms with Crippen LogP contribution in [-0.2, 0) is 4.79 Å². The molecule has 168 valence electrons. The first-order valence-corrected chi connectivity index (χ1v) is 11.8. The smallest absolute Gasteiger partial charge is 0.320 e. The van der Waals surface area contributed by atoms with E-state index in [1.807, 2.05) is 0 Å². The van der Waals surface area contributed by atoms with Gasteiger partial charge in [-0.15, -0.1) is 0 Å². The zero-order valence-corrected chi connectivity index (χ0v) is 19.4. The number of hydrogen-bond acceptors (Lipinski definition) is 3. The van der Waals surface area contributed by atoms with Crippen LogP contribution in [0.3, 0.4) is 0 Å². The third kappa shape index (κ3) is 20.1. The minimum atomic E-state index is -0.722. The molecule has 0 fully saturated rings. The van der Waals surface area contributed by atoms with Crippen molar-refractivity contribution in [1.82, 2.24) is 10.6 Å². The van der Waals surface area contributed by atoms with Gasteiger partial charge in [0.05, 0.1) is 27.7 Å². The van der Waals surface area contributed by atoms with Crippen LogP contribution in [0.1, 0.15) is 90.4 Å². The summed E-state index contributed by atoms with van der Waals surface area (Å²) in [7, 11) is 6.37. The molecule has 0 aromatic heterocycles. The van der Waals surface area contributed by atoms with Crippen molar-refractivity contribution < 1.29 is 14.4 Å². The molecule has 28 heavy (non-hydrogen) atoms. The van der Waals surface area contributed by atoms with Crippen LogP contribution >= 0.6 is 0 Å². The van der Waals surface area contributed by atoms with Gasteiger partial charge < -0.3 is 14.9 Å². The SMILES string of the molecule is CCCCCCCCCCCCNCCCC[C@H](NCC[N+](C)(C)C)C(=O)O. The van der Waals surface area contributed by atoms with E-state index >= 15 is 0 Å². The number of carbonyl (C=O) groups is 1. The number of rotatable bonds is 21. The summed E-state index contributed by atoms with van der Waals surface area (Å²) < 4.78 is 0.849. The van der Waals surface area contributed by atoms with Crippen LogP contribution in [0.5, 0.6) is 0 Å². The first-order chi connectivity index (χ1) is 13.4. The van der Waals surface area contributed by atoms with Crippen molar-refractivity contribution in [1.29, 1.82) is 0 Å². The van der Waals surface area contributed by atoms with Crippen LogP contribution in [0.2, 0.25) is 0 Å². The molecule has 0 aliphatic rings. The van der Waals surface area contributed by atoms with Gasteiger partial charge in [0.2, 0.25) is 0 Å². The minimum absolute atomic E-state index is 0.409. The molecular formula is C23H50N3O2+. The molecule has 0 saturated heterocycles. The second-order valence-electron chi connectivity index (χ2n) is 9.29. The van der Waals surface area contributed by atoms with Crippen molar-refractivity contribution in [2.24, 2.45) is 0 Å². The Labute approximate surface area is 175 Å². The van der Waals surface area contributed by atoms with Gasteiger partial charge in [0.15, 0.2) is 0 Å². The van der Waals surface area contributed by atoms with Crippen molar-refractivity contribution >= 4 is 5.97 Å². The summed E-state index contributed by atoms with van der Waals surface area (Å²) in [5, 5.41) is 16.0. The van der Waals surface area contributed by atoms with E-state index in [0.717, 1.165) is 43.5 Å². The molecule has 0 radical (unpaired) electrons. The van der Waals surface area contributed by atoms with E-state index in [9.17, 15) is 9.90 Å². The highest BCUT2D eigenvalue weighted by Gasteiger charge is 2.17. The highest BCUT2D eigenvalue weighted by atomic mass is 16.4. The molecule has 0 unspecified atom stereocenters. The fourth-order valence-electron chi connectivity index (χ4n) is 3.35. The Balaban J connectivity index is 3.41. The van der Waals surface area contributed by atoms with E-state index in [1.165, 1.54) is 64.2 Å². The van der Waals surface area contributed by atoms with E-state index in [2.05, 4.69) is 38.7 Å². The molecule has 0 heterocycles. The topological polar surface area (TPSA) is 61.4 Å². The molecule has 0 saturated carbocycles. The summed E-state index contributed by atoms with van der Waals surface area (Å²) in [6, 6.07) is -0.409. The lowest BCUT2D eigenvalue weighted by atomic mass is 10.1. The molecule has 0 rings (SSSR count). The summed E-state index contributed by atoms with van der Waals surface area (Å²) in [4.78, 5) is 11.4. The average Bonchev–Trinajstić information content (AvgIpc) is 2.62. The van der Waals surface area contributed by atoms with Crippen LogP contribution in [0.25, 0.3) is 0 Å². The van der Waals surface area contributed by atoms with E-state index < -0.39 is 12.0 Å². The number of quaternary nitrogens is 1. The van der Waals surface area contributed by atoms with Gasteiger partial charge in [-0.1, -0.05) is 71.1 Å². The standard InChI is InChI=1S/C23H49N3O2/c1-5-6-7-8-9-10-11-12-13-15-18-24-19-16-14-17-22(23(27)28)25-20-21-26(2,3)4/h22,24-25H,5-21H2,1-4H3/p+1/t22-/m0/s1. The van der Waals surface area contributed by atoms with Crippen molar-refractivity contribution in [3.8, 4) is 0 Å². The number of carboxylic acids is 1. The molecule has 3 N–H and O–H groups in total. The van der Waals surface area contributed by atoms with Crippen LogP contribution < -0.4 is 10.6 Å². The summed E-state index contributed by atoms with van der Waals surface area (Å²) in [6.45, 7) is 6.05. The number of hydrogen-bond donors (Lipinski definition) is 3. The Morgan fingerprint density at radius 2 is 1.29 bits per heavy atom. The molecule has 0 aromatic rings. The van der Waals surface area contributed by atoms with Crippen molar-refractivity contribution in [3.05, 3.63) is 0 Å². The van der Waals surface area contributed by atoms with Gasteiger partial charge in [-0.2, -0.15) is 0 Å². The van der Waals surface area contributed by atoms with Gasteiger partial charge in [-0.25, -0.2) is 0 Å². The maximum Gasteiger partial charge on any atom is 0.320 e. The van der Waals surface area contributed by atoms with Crippen LogP contribution in [0.4, 0.5) is 0 Å². The summed E-state index contributed by atoms with van der Waals surface area (Å²) in [5.74, 6) is -0.722. The minimum Gasteiger partial charge on any atom is -0.480 e. The molecule has 0 amide bonds. The fourth-order valence-corrected chi connectivity index (χ4v) is 3.35. The lowest BCUT2D eigenvalue weighted by molar-refractivity contribution is -0.869.